The topological polar surface area (TPSA) is 64.6 Å². The van der Waals surface area contributed by atoms with Crippen LogP contribution in [0.1, 0.15) is 186 Å². The zero-order chi connectivity index (χ0) is 68.7. The first-order chi connectivity index (χ1) is 46.3. The lowest BCUT2D eigenvalue weighted by atomic mass is 9.78. The van der Waals surface area contributed by atoms with E-state index in [0.717, 1.165) is 143 Å². The molecule has 0 saturated carbocycles. The second-order valence-corrected chi connectivity index (χ2v) is 29.9. The Hall–Kier alpha value is -3.50. The van der Waals surface area contributed by atoms with Crippen molar-refractivity contribution in [2.45, 2.75) is 188 Å². The summed E-state index contributed by atoms with van der Waals surface area (Å²) in [6.07, 6.45) is 37.2. The van der Waals surface area contributed by atoms with Crippen LogP contribution in [0.3, 0.4) is 0 Å². The predicted molar refractivity (Wildman–Crippen MR) is 425 cm³/mol. The van der Waals surface area contributed by atoms with Gasteiger partial charge in [0.25, 0.3) is 0 Å². The molecule has 2 fully saturated rings. The van der Waals surface area contributed by atoms with Crippen LogP contribution in [0, 0.1) is 10.8 Å². The van der Waals surface area contributed by atoms with E-state index in [9.17, 15) is 0 Å². The largest absolute Gasteiger partial charge is 0.494 e. The Labute approximate surface area is 625 Å². The maximum atomic E-state index is 5.76. The van der Waals surface area contributed by atoms with Gasteiger partial charge < -0.3 is 33.2 Å². The normalized spacial score (nSPS) is 12.8. The second-order valence-electron chi connectivity index (χ2n) is 24.4. The number of hydrogen-bond donors (Lipinski definition) is 0. The fraction of sp³-hybridized carbons (Fsp3) is 0.488. The van der Waals surface area contributed by atoms with Crippen molar-refractivity contribution in [3.8, 4) is 23.0 Å². The number of aryl methyl sites for hydroxylation is 1. The average Bonchev–Trinajstić information content (AvgIpc) is 1.30. The van der Waals surface area contributed by atoms with Gasteiger partial charge in [0, 0.05) is 38.9 Å². The molecule has 2 saturated heterocycles. The van der Waals surface area contributed by atoms with Crippen molar-refractivity contribution in [1.29, 1.82) is 0 Å². The lowest BCUT2D eigenvalue weighted by molar-refractivity contribution is -0.133. The molecule has 0 atom stereocenters. The van der Waals surface area contributed by atoms with E-state index in [2.05, 4.69) is 172 Å². The van der Waals surface area contributed by atoms with E-state index in [4.69, 9.17) is 33.2 Å². The third kappa shape index (κ3) is 43.6. The van der Waals surface area contributed by atoms with Crippen molar-refractivity contribution < 1.29 is 33.2 Å². The molecule has 0 bridgehead atoms. The van der Waals surface area contributed by atoms with E-state index >= 15 is 0 Å². The van der Waals surface area contributed by atoms with Crippen LogP contribution in [0.2, 0.25) is 0 Å². The van der Waals surface area contributed by atoms with Gasteiger partial charge >= 0.3 is 0 Å². The minimum Gasteiger partial charge on any atom is -0.494 e. The summed E-state index contributed by atoms with van der Waals surface area (Å²) in [5.41, 5.74) is 3.48. The molecule has 2 aliphatic heterocycles. The number of hydrogen-bond acceptors (Lipinski definition) is 7. The van der Waals surface area contributed by atoms with Crippen LogP contribution in [0.5, 0.6) is 23.0 Å². The third-order valence-corrected chi connectivity index (χ3v) is 19.5. The smallest absolute Gasteiger partial charge is 0.119 e. The molecule has 7 nitrogen and oxygen atoms in total. The number of benzene rings is 6. The minimum atomic E-state index is 0.257. The van der Waals surface area contributed by atoms with Crippen LogP contribution in [0.4, 0.5) is 0 Å². The zero-order valence-electron chi connectivity index (χ0n) is 57.6. The molecule has 0 aliphatic carbocycles. The number of halogens is 6. The van der Waals surface area contributed by atoms with E-state index in [0.29, 0.717) is 18.6 Å². The standard InChI is InChI=1S/C18H27BrO2.C15H21BrO.C14H21Br.C13H17BrO.C12H15BrO2.C10H11BrO/c1-2-18(14-20-15-18)12-6-4-3-5-7-13-21-17-10-8-16(19)9-11-17;1-2-3-4-5-6-7-8-13-17-15-11-9-14(16)10-12-15;1-2-3-4-5-6-7-8-13-9-11-14(15)12-10-13;1-2-3-4-5-10-15-11-12-6-8-13(14)9-7-12;1-2-12(7-14-8-12)9-15-11-5-3-10(13)4-6-11;1-2-3-8-12-10-6-4-9(11)5-7-10/h8-11H,2-7,12-15H2,1H3;2,9-12H,1,3-8,13H2;9-12H,2-8H2,1H3;2,6-9H,1,3-5,10-11H2;3-6H,2,7-9H2,1H3;2,4-7H,1,3,8H2. The molecule has 0 unspecified atom stereocenters. The molecule has 95 heavy (non-hydrogen) atoms. The van der Waals surface area contributed by atoms with Crippen LogP contribution in [0.25, 0.3) is 0 Å². The Kier molecular flexibility index (Phi) is 50.8. The first kappa shape index (κ1) is 85.7. The molecule has 13 heteroatoms. The molecular weight excluding hydrogens is 1580 g/mol. The first-order valence-electron chi connectivity index (χ1n) is 34.9. The van der Waals surface area contributed by atoms with Gasteiger partial charge in [-0.25, -0.2) is 0 Å². The molecule has 0 radical (unpaired) electrons. The molecule has 0 N–H and O–H groups in total. The van der Waals surface area contributed by atoms with E-state index in [1.54, 1.807) is 0 Å². The van der Waals surface area contributed by atoms with Crippen molar-refractivity contribution >= 4 is 95.6 Å². The van der Waals surface area contributed by atoms with Crippen molar-refractivity contribution in [2.24, 2.45) is 10.8 Å². The Bertz CT molecular complexity index is 2780. The van der Waals surface area contributed by atoms with Crippen molar-refractivity contribution in [3.05, 3.63) is 222 Å². The lowest BCUT2D eigenvalue weighted by Gasteiger charge is -2.41. The van der Waals surface area contributed by atoms with Gasteiger partial charge in [-0.3, -0.25) is 0 Å². The molecule has 6 aromatic carbocycles. The summed E-state index contributed by atoms with van der Waals surface area (Å²) in [5.74, 6) is 3.76. The van der Waals surface area contributed by atoms with Crippen molar-refractivity contribution in [1.82, 2.24) is 0 Å². The molecule has 2 aliphatic rings. The molecular formula is C82H112Br6O7. The Morgan fingerprint density at radius 2 is 0.684 bits per heavy atom. The van der Waals surface area contributed by atoms with Gasteiger partial charge in [0.1, 0.15) is 23.0 Å². The van der Waals surface area contributed by atoms with Gasteiger partial charge in [-0.2, -0.15) is 0 Å². The van der Waals surface area contributed by atoms with E-state index in [1.807, 2.05) is 127 Å². The highest BCUT2D eigenvalue weighted by molar-refractivity contribution is 9.11. The van der Waals surface area contributed by atoms with Crippen molar-refractivity contribution in [2.75, 3.05) is 59.5 Å². The molecule has 6 aromatic rings. The van der Waals surface area contributed by atoms with Crippen LogP contribution in [-0.2, 0) is 27.2 Å². The summed E-state index contributed by atoms with van der Waals surface area (Å²) in [5, 5.41) is 0. The fourth-order valence-electron chi connectivity index (χ4n) is 9.77. The molecule has 0 amide bonds. The molecule has 0 spiro atoms. The van der Waals surface area contributed by atoms with Gasteiger partial charge in [0.05, 0.1) is 64.9 Å². The number of unbranched alkanes of at least 4 members (excludes halogenated alkanes) is 16. The highest BCUT2D eigenvalue weighted by Gasteiger charge is 2.38. The van der Waals surface area contributed by atoms with Gasteiger partial charge in [-0.05, 0) is 216 Å². The predicted octanol–water partition coefficient (Wildman–Crippen LogP) is 27.3. The summed E-state index contributed by atoms with van der Waals surface area (Å²) in [4.78, 5) is 0. The summed E-state index contributed by atoms with van der Waals surface area (Å²) >= 11 is 20.4. The summed E-state index contributed by atoms with van der Waals surface area (Å²) < 4.78 is 45.3. The lowest BCUT2D eigenvalue weighted by Crippen LogP contribution is -2.46. The number of allylic oxidation sites excluding steroid dienone is 2. The zero-order valence-corrected chi connectivity index (χ0v) is 67.1. The van der Waals surface area contributed by atoms with Crippen LogP contribution < -0.4 is 18.9 Å². The number of ether oxygens (including phenoxy) is 7. The molecule has 524 valence electrons. The third-order valence-electron chi connectivity index (χ3n) is 16.3. The maximum absolute atomic E-state index is 5.76. The molecule has 0 aromatic heterocycles. The molecule has 8 rings (SSSR count). The number of rotatable bonds is 41. The average molecular weight is 1690 g/mol. The Morgan fingerprint density at radius 3 is 1.08 bits per heavy atom. The van der Waals surface area contributed by atoms with Gasteiger partial charge in [-0.1, -0.05) is 236 Å². The highest BCUT2D eigenvalue weighted by Crippen LogP contribution is 2.37. The quantitative estimate of drug-likeness (QED) is 0.0280. The van der Waals surface area contributed by atoms with Crippen LogP contribution >= 0.6 is 95.6 Å². The van der Waals surface area contributed by atoms with E-state index in [-0.39, 0.29) is 5.41 Å². The first-order valence-corrected chi connectivity index (χ1v) is 39.6. The van der Waals surface area contributed by atoms with Crippen LogP contribution in [-0.4, -0.2) is 59.5 Å². The minimum absolute atomic E-state index is 0.257. The monoisotopic (exact) mass is 1680 g/mol. The maximum Gasteiger partial charge on any atom is 0.119 e. The summed E-state index contributed by atoms with van der Waals surface area (Å²) in [7, 11) is 0. The Morgan fingerprint density at radius 1 is 0.347 bits per heavy atom. The SMILES string of the molecule is C=CCCCCCCCOc1ccc(Br)cc1.C=CCCCCOCc1ccc(Br)cc1.C=CCCOc1ccc(Br)cc1.CCC1(CCCCCCCOc2ccc(Br)cc2)COC1.CCC1(COc2ccc(Br)cc2)COC1.CCCCCCCCc1ccc(Br)cc1. The highest BCUT2D eigenvalue weighted by atomic mass is 79.9. The Balaban J connectivity index is 0.000000299. The van der Waals surface area contributed by atoms with Gasteiger partial charge in [-0.15, -0.1) is 19.7 Å². The summed E-state index contributed by atoms with van der Waals surface area (Å²) in [6.45, 7) is 26.1. The summed E-state index contributed by atoms with van der Waals surface area (Å²) in [6, 6.07) is 48.7. The fourth-order valence-corrected chi connectivity index (χ4v) is 11.4. The van der Waals surface area contributed by atoms with Gasteiger partial charge in [0.2, 0.25) is 0 Å². The van der Waals surface area contributed by atoms with Gasteiger partial charge in [0.15, 0.2) is 0 Å². The second kappa shape index (κ2) is 56.3. The van der Waals surface area contributed by atoms with Crippen molar-refractivity contribution in [3.63, 3.8) is 0 Å². The van der Waals surface area contributed by atoms with Crippen LogP contribution in [0.15, 0.2) is 210 Å². The van der Waals surface area contributed by atoms with E-state index < -0.39 is 0 Å². The molecule has 2 heterocycles. The van der Waals surface area contributed by atoms with E-state index in [1.165, 1.54) is 131 Å².